The van der Waals surface area contributed by atoms with Crippen LogP contribution < -0.4 is 0 Å². The summed E-state index contributed by atoms with van der Waals surface area (Å²) in [6, 6.07) is 4.60. The van der Waals surface area contributed by atoms with E-state index >= 15 is 0 Å². The molecule has 1 amide bonds. The molecule has 1 aromatic rings. The third-order valence-corrected chi connectivity index (χ3v) is 4.81. The molecule has 0 spiro atoms. The molecule has 0 aliphatic carbocycles. The predicted octanol–water partition coefficient (Wildman–Crippen LogP) is 2.90. The molecule has 132 valence electrons. The molecular formula is C19H27FN2O2. The molecule has 5 heteroatoms. The minimum absolute atomic E-state index is 0.0968. The molecule has 24 heavy (non-hydrogen) atoms. The highest BCUT2D eigenvalue weighted by molar-refractivity contribution is 5.98. The molecule has 0 N–H and O–H groups in total. The largest absolute Gasteiger partial charge is 0.340 e. The number of benzene rings is 1. The van der Waals surface area contributed by atoms with Crippen LogP contribution in [0.3, 0.4) is 0 Å². The van der Waals surface area contributed by atoms with Gasteiger partial charge in [-0.05, 0) is 31.9 Å². The van der Waals surface area contributed by atoms with Gasteiger partial charge < -0.3 is 4.90 Å². The molecule has 0 unspecified atom stereocenters. The lowest BCUT2D eigenvalue weighted by atomic mass is 10.0. The van der Waals surface area contributed by atoms with Gasteiger partial charge in [-0.15, -0.1) is 0 Å². The van der Waals surface area contributed by atoms with Crippen LogP contribution in [0.15, 0.2) is 18.2 Å². The highest BCUT2D eigenvalue weighted by atomic mass is 19.1. The first kappa shape index (κ1) is 18.6. The van der Waals surface area contributed by atoms with Crippen LogP contribution >= 0.6 is 0 Å². The summed E-state index contributed by atoms with van der Waals surface area (Å²) in [6.45, 7) is 8.72. The van der Waals surface area contributed by atoms with E-state index in [9.17, 15) is 14.0 Å². The van der Waals surface area contributed by atoms with Crippen molar-refractivity contribution in [2.45, 2.75) is 33.6 Å². The van der Waals surface area contributed by atoms with Crippen LogP contribution in [0.25, 0.3) is 0 Å². The number of carbonyl (C=O) groups excluding carboxylic acids is 2. The van der Waals surface area contributed by atoms with Crippen LogP contribution in [-0.2, 0) is 4.79 Å². The first-order valence-corrected chi connectivity index (χ1v) is 8.76. The number of hydrogen-bond donors (Lipinski definition) is 0. The summed E-state index contributed by atoms with van der Waals surface area (Å²) in [5, 5.41) is 0. The normalized spacial score (nSPS) is 15.8. The van der Waals surface area contributed by atoms with Gasteiger partial charge in [-0.25, -0.2) is 4.39 Å². The maximum absolute atomic E-state index is 13.8. The predicted molar refractivity (Wildman–Crippen MR) is 92.6 cm³/mol. The van der Waals surface area contributed by atoms with Gasteiger partial charge in [-0.3, -0.25) is 14.5 Å². The Morgan fingerprint density at radius 2 is 1.75 bits per heavy atom. The zero-order chi connectivity index (χ0) is 17.7. The number of carbonyl (C=O) groups is 2. The number of amides is 1. The van der Waals surface area contributed by atoms with Crippen molar-refractivity contribution in [1.82, 2.24) is 9.80 Å². The smallest absolute Gasteiger partial charge is 0.225 e. The van der Waals surface area contributed by atoms with Crippen LogP contribution in [0.4, 0.5) is 4.39 Å². The van der Waals surface area contributed by atoms with Crippen LogP contribution in [0, 0.1) is 18.7 Å². The minimum atomic E-state index is -0.465. The van der Waals surface area contributed by atoms with Gasteiger partial charge in [0.2, 0.25) is 5.91 Å². The van der Waals surface area contributed by atoms with E-state index in [0.29, 0.717) is 26.2 Å². The van der Waals surface area contributed by atoms with Crippen LogP contribution in [0.1, 0.15) is 42.6 Å². The fraction of sp³-hybridized carbons (Fsp3) is 0.579. The Hall–Kier alpha value is -1.75. The highest BCUT2D eigenvalue weighted by Crippen LogP contribution is 2.15. The lowest BCUT2D eigenvalue weighted by Gasteiger charge is -2.36. The second kappa shape index (κ2) is 8.38. The third-order valence-electron chi connectivity index (χ3n) is 4.81. The van der Waals surface area contributed by atoms with Crippen molar-refractivity contribution in [2.24, 2.45) is 5.92 Å². The van der Waals surface area contributed by atoms with E-state index in [-0.39, 0.29) is 29.7 Å². The van der Waals surface area contributed by atoms with Crippen molar-refractivity contribution in [3.8, 4) is 0 Å². The first-order chi connectivity index (χ1) is 11.5. The van der Waals surface area contributed by atoms with Crippen molar-refractivity contribution < 1.29 is 14.0 Å². The Kier molecular flexibility index (Phi) is 6.49. The second-order valence-electron chi connectivity index (χ2n) is 6.52. The summed E-state index contributed by atoms with van der Waals surface area (Å²) < 4.78 is 13.8. The van der Waals surface area contributed by atoms with Crippen molar-refractivity contribution in [3.63, 3.8) is 0 Å². The summed E-state index contributed by atoms with van der Waals surface area (Å²) in [5.74, 6) is -0.348. The van der Waals surface area contributed by atoms with E-state index in [1.54, 1.807) is 12.1 Å². The first-order valence-electron chi connectivity index (χ1n) is 8.76. The van der Waals surface area contributed by atoms with Crippen LogP contribution in [0.2, 0.25) is 0 Å². The molecule has 1 saturated heterocycles. The molecule has 0 aromatic heterocycles. The standard InChI is InChI=1S/C19H27FN2O2/c1-4-15(5-2)19(24)22-10-8-21(9-11-22)13-18(23)16-12-14(3)6-7-17(16)20/h6-7,12,15H,4-5,8-11,13H2,1-3H3. The molecule has 1 fully saturated rings. The zero-order valence-corrected chi connectivity index (χ0v) is 14.8. The van der Waals surface area contributed by atoms with E-state index in [0.717, 1.165) is 18.4 Å². The molecule has 4 nitrogen and oxygen atoms in total. The number of halogens is 1. The van der Waals surface area contributed by atoms with Gasteiger partial charge in [0.1, 0.15) is 5.82 Å². The van der Waals surface area contributed by atoms with Gasteiger partial charge in [0.15, 0.2) is 5.78 Å². The minimum Gasteiger partial charge on any atom is -0.340 e. The Morgan fingerprint density at radius 3 is 2.33 bits per heavy atom. The number of hydrogen-bond acceptors (Lipinski definition) is 3. The number of Topliss-reactive ketones (excluding diaryl/α,β-unsaturated/α-hetero) is 1. The summed E-state index contributed by atoms with van der Waals surface area (Å²) >= 11 is 0. The average molecular weight is 334 g/mol. The molecule has 1 aromatic carbocycles. The summed E-state index contributed by atoms with van der Waals surface area (Å²) in [5.41, 5.74) is 1.03. The molecule has 0 saturated carbocycles. The molecular weight excluding hydrogens is 307 g/mol. The van der Waals surface area contributed by atoms with Crippen molar-refractivity contribution in [3.05, 3.63) is 35.1 Å². The monoisotopic (exact) mass is 334 g/mol. The molecule has 1 aliphatic heterocycles. The van der Waals surface area contributed by atoms with E-state index in [4.69, 9.17) is 0 Å². The van der Waals surface area contributed by atoms with E-state index < -0.39 is 5.82 Å². The fourth-order valence-electron chi connectivity index (χ4n) is 3.16. The lowest BCUT2D eigenvalue weighted by Crippen LogP contribution is -2.51. The number of nitrogens with zero attached hydrogens (tertiary/aromatic N) is 2. The van der Waals surface area contributed by atoms with Crippen LogP contribution in [-0.4, -0.2) is 54.2 Å². The van der Waals surface area contributed by atoms with Crippen molar-refractivity contribution >= 4 is 11.7 Å². The Morgan fingerprint density at radius 1 is 1.12 bits per heavy atom. The number of aryl methyl sites for hydroxylation is 1. The molecule has 2 rings (SSSR count). The molecule has 0 bridgehead atoms. The fourth-order valence-corrected chi connectivity index (χ4v) is 3.16. The Labute approximate surface area is 143 Å². The highest BCUT2D eigenvalue weighted by Gasteiger charge is 2.26. The van der Waals surface area contributed by atoms with E-state index in [2.05, 4.69) is 0 Å². The topological polar surface area (TPSA) is 40.6 Å². The quantitative estimate of drug-likeness (QED) is 0.751. The average Bonchev–Trinajstić information content (AvgIpc) is 2.58. The maximum atomic E-state index is 13.8. The zero-order valence-electron chi connectivity index (χ0n) is 14.8. The van der Waals surface area contributed by atoms with Gasteiger partial charge in [-0.2, -0.15) is 0 Å². The number of piperazine rings is 1. The van der Waals surface area contributed by atoms with E-state index in [1.807, 2.05) is 30.6 Å². The molecule has 0 radical (unpaired) electrons. The molecule has 0 atom stereocenters. The van der Waals surface area contributed by atoms with Crippen molar-refractivity contribution in [1.29, 1.82) is 0 Å². The SMILES string of the molecule is CCC(CC)C(=O)N1CCN(CC(=O)c2cc(C)ccc2F)CC1. The van der Waals surface area contributed by atoms with Gasteiger partial charge in [0.05, 0.1) is 12.1 Å². The van der Waals surface area contributed by atoms with Gasteiger partial charge in [0, 0.05) is 32.1 Å². The van der Waals surface area contributed by atoms with E-state index in [1.165, 1.54) is 6.07 Å². The number of rotatable bonds is 6. The second-order valence-corrected chi connectivity index (χ2v) is 6.52. The number of ketones is 1. The third kappa shape index (κ3) is 4.41. The van der Waals surface area contributed by atoms with Gasteiger partial charge >= 0.3 is 0 Å². The summed E-state index contributed by atoms with van der Waals surface area (Å²) in [4.78, 5) is 28.6. The Balaban J connectivity index is 1.90. The molecule has 1 heterocycles. The Bertz CT molecular complexity index is 591. The maximum Gasteiger partial charge on any atom is 0.225 e. The lowest BCUT2D eigenvalue weighted by molar-refractivity contribution is -0.137. The summed E-state index contributed by atoms with van der Waals surface area (Å²) in [7, 11) is 0. The van der Waals surface area contributed by atoms with Gasteiger partial charge in [-0.1, -0.05) is 25.5 Å². The van der Waals surface area contributed by atoms with Gasteiger partial charge in [0.25, 0.3) is 0 Å². The van der Waals surface area contributed by atoms with Crippen molar-refractivity contribution in [2.75, 3.05) is 32.7 Å². The summed E-state index contributed by atoms with van der Waals surface area (Å²) in [6.07, 6.45) is 1.72. The van der Waals surface area contributed by atoms with Crippen LogP contribution in [0.5, 0.6) is 0 Å². The molecule has 1 aliphatic rings.